The quantitative estimate of drug-likeness (QED) is 0.824. The van der Waals surface area contributed by atoms with Crippen LogP contribution in [0, 0.1) is 0 Å². The van der Waals surface area contributed by atoms with Gasteiger partial charge in [-0.1, -0.05) is 54.1 Å². The van der Waals surface area contributed by atoms with Crippen molar-refractivity contribution >= 4 is 17.5 Å². The zero-order chi connectivity index (χ0) is 16.7. The molecule has 2 aromatic carbocycles. The Labute approximate surface area is 142 Å². The van der Waals surface area contributed by atoms with E-state index in [1.54, 1.807) is 19.1 Å². The van der Waals surface area contributed by atoms with Crippen molar-refractivity contribution in [1.29, 1.82) is 0 Å². The van der Waals surface area contributed by atoms with Gasteiger partial charge in [-0.25, -0.2) is 0 Å². The number of nitrogens with one attached hydrogen (secondary N) is 1. The fourth-order valence-corrected chi connectivity index (χ4v) is 2.42. The number of amides is 1. The van der Waals surface area contributed by atoms with Crippen LogP contribution in [0.5, 0.6) is 5.75 Å². The van der Waals surface area contributed by atoms with E-state index in [2.05, 4.69) is 17.4 Å². The number of para-hydroxylation sites is 1. The Morgan fingerprint density at radius 2 is 1.74 bits per heavy atom. The van der Waals surface area contributed by atoms with Crippen LogP contribution in [0.4, 0.5) is 0 Å². The van der Waals surface area contributed by atoms with E-state index in [1.165, 1.54) is 5.56 Å². The second-order valence-electron chi connectivity index (χ2n) is 5.62. The third kappa shape index (κ3) is 5.61. The molecule has 2 aromatic rings. The molecule has 23 heavy (non-hydrogen) atoms. The summed E-state index contributed by atoms with van der Waals surface area (Å²) < 4.78 is 5.63. The van der Waals surface area contributed by atoms with Gasteiger partial charge in [0.1, 0.15) is 5.75 Å². The van der Waals surface area contributed by atoms with Crippen LogP contribution < -0.4 is 10.1 Å². The summed E-state index contributed by atoms with van der Waals surface area (Å²) in [6.07, 6.45) is 1.23. The van der Waals surface area contributed by atoms with E-state index >= 15 is 0 Å². The second-order valence-corrected chi connectivity index (χ2v) is 6.03. The Bertz CT molecular complexity index is 630. The fourth-order valence-electron chi connectivity index (χ4n) is 2.24. The van der Waals surface area contributed by atoms with E-state index in [0.717, 1.165) is 12.8 Å². The Hall–Kier alpha value is -2.00. The van der Waals surface area contributed by atoms with Crippen LogP contribution in [-0.4, -0.2) is 18.1 Å². The van der Waals surface area contributed by atoms with Gasteiger partial charge >= 0.3 is 0 Å². The highest BCUT2D eigenvalue weighted by Crippen LogP contribution is 2.24. The number of carbonyl (C=O) groups is 1. The Balaban J connectivity index is 1.80. The molecule has 1 amide bonds. The predicted molar refractivity (Wildman–Crippen MR) is 93.9 cm³/mol. The van der Waals surface area contributed by atoms with Gasteiger partial charge in [0.05, 0.1) is 5.02 Å². The molecule has 0 fully saturated rings. The van der Waals surface area contributed by atoms with Gasteiger partial charge in [0.2, 0.25) is 0 Å². The lowest BCUT2D eigenvalue weighted by molar-refractivity contribution is -0.127. The summed E-state index contributed by atoms with van der Waals surface area (Å²) in [5, 5.41) is 3.49. The van der Waals surface area contributed by atoms with E-state index < -0.39 is 6.10 Å². The van der Waals surface area contributed by atoms with Gasteiger partial charge in [0.25, 0.3) is 5.91 Å². The predicted octanol–water partition coefficient (Wildman–Crippen LogP) is 4.24. The minimum Gasteiger partial charge on any atom is -0.479 e. The topological polar surface area (TPSA) is 38.3 Å². The average molecular weight is 332 g/mol. The summed E-state index contributed by atoms with van der Waals surface area (Å²) in [5.41, 5.74) is 1.27. The van der Waals surface area contributed by atoms with Gasteiger partial charge in [-0.15, -0.1) is 0 Å². The smallest absolute Gasteiger partial charge is 0.260 e. The molecule has 2 rings (SSSR count). The van der Waals surface area contributed by atoms with Gasteiger partial charge in [0.15, 0.2) is 6.10 Å². The summed E-state index contributed by atoms with van der Waals surface area (Å²) >= 11 is 6.04. The fraction of sp³-hybridized carbons (Fsp3) is 0.316. The van der Waals surface area contributed by atoms with E-state index in [0.29, 0.717) is 10.8 Å². The van der Waals surface area contributed by atoms with Crippen molar-refractivity contribution in [2.75, 3.05) is 0 Å². The zero-order valence-electron chi connectivity index (χ0n) is 13.5. The Morgan fingerprint density at radius 1 is 1.09 bits per heavy atom. The van der Waals surface area contributed by atoms with Gasteiger partial charge < -0.3 is 10.1 Å². The maximum absolute atomic E-state index is 12.2. The van der Waals surface area contributed by atoms with Crippen LogP contribution >= 0.6 is 11.6 Å². The molecule has 0 radical (unpaired) electrons. The van der Waals surface area contributed by atoms with Crippen LogP contribution in [0.15, 0.2) is 54.6 Å². The van der Waals surface area contributed by atoms with Crippen LogP contribution in [0.2, 0.25) is 5.02 Å². The highest BCUT2D eigenvalue weighted by molar-refractivity contribution is 6.32. The summed E-state index contributed by atoms with van der Waals surface area (Å²) in [4.78, 5) is 12.2. The lowest BCUT2D eigenvalue weighted by atomic mass is 10.1. The first-order chi connectivity index (χ1) is 11.1. The van der Waals surface area contributed by atoms with Gasteiger partial charge in [-0.2, -0.15) is 0 Å². The maximum Gasteiger partial charge on any atom is 0.260 e. The first-order valence-electron chi connectivity index (χ1n) is 7.81. The number of rotatable bonds is 7. The number of ether oxygens (including phenoxy) is 1. The van der Waals surface area contributed by atoms with E-state index in [9.17, 15) is 4.79 Å². The van der Waals surface area contributed by atoms with Gasteiger partial charge in [0, 0.05) is 6.04 Å². The molecule has 0 saturated carbocycles. The van der Waals surface area contributed by atoms with Crippen LogP contribution in [-0.2, 0) is 11.2 Å². The molecule has 4 heteroatoms. The van der Waals surface area contributed by atoms with Gasteiger partial charge in [-0.3, -0.25) is 4.79 Å². The SMILES string of the molecule is C[C@H](CCc1ccccc1)NC(=O)[C@@H](C)Oc1ccccc1Cl. The number of hydrogen-bond acceptors (Lipinski definition) is 2. The van der Waals surface area contributed by atoms with Crippen molar-refractivity contribution in [1.82, 2.24) is 5.32 Å². The largest absolute Gasteiger partial charge is 0.479 e. The molecule has 0 unspecified atom stereocenters. The highest BCUT2D eigenvalue weighted by Gasteiger charge is 2.17. The molecule has 1 N–H and O–H groups in total. The minimum absolute atomic E-state index is 0.0833. The molecule has 0 aliphatic carbocycles. The first-order valence-corrected chi connectivity index (χ1v) is 8.19. The molecule has 3 nitrogen and oxygen atoms in total. The van der Waals surface area contributed by atoms with Gasteiger partial charge in [-0.05, 0) is 44.4 Å². The molecule has 0 aliphatic rings. The van der Waals surface area contributed by atoms with Crippen molar-refractivity contribution in [3.8, 4) is 5.75 Å². The summed E-state index contributed by atoms with van der Waals surface area (Å²) in [6, 6.07) is 17.5. The summed E-state index contributed by atoms with van der Waals surface area (Å²) in [6.45, 7) is 3.73. The summed E-state index contributed by atoms with van der Waals surface area (Å²) in [7, 11) is 0. The third-order valence-corrected chi connectivity index (χ3v) is 3.92. The summed E-state index contributed by atoms with van der Waals surface area (Å²) in [5.74, 6) is 0.388. The lowest BCUT2D eigenvalue weighted by Crippen LogP contribution is -2.41. The van der Waals surface area contributed by atoms with Crippen molar-refractivity contribution in [2.45, 2.75) is 38.8 Å². The second kappa shape index (κ2) is 8.59. The number of hydrogen-bond donors (Lipinski definition) is 1. The standard InChI is InChI=1S/C19H22ClNO2/c1-14(12-13-16-8-4-3-5-9-16)21-19(22)15(2)23-18-11-7-6-10-17(18)20/h3-11,14-15H,12-13H2,1-2H3,(H,21,22)/t14-,15-/m1/s1. The van der Waals surface area contributed by atoms with E-state index in [1.807, 2.05) is 37.3 Å². The first kappa shape index (κ1) is 17.4. The molecular formula is C19H22ClNO2. The Morgan fingerprint density at radius 3 is 2.43 bits per heavy atom. The highest BCUT2D eigenvalue weighted by atomic mass is 35.5. The van der Waals surface area contributed by atoms with Crippen LogP contribution in [0.1, 0.15) is 25.8 Å². The number of carbonyl (C=O) groups excluding carboxylic acids is 1. The number of benzene rings is 2. The molecule has 0 aliphatic heterocycles. The van der Waals surface area contributed by atoms with E-state index in [4.69, 9.17) is 16.3 Å². The van der Waals surface area contributed by atoms with Crippen molar-refractivity contribution in [3.63, 3.8) is 0 Å². The molecule has 0 spiro atoms. The maximum atomic E-state index is 12.2. The molecular weight excluding hydrogens is 310 g/mol. The molecule has 0 bridgehead atoms. The average Bonchev–Trinajstić information content (AvgIpc) is 2.56. The number of aryl methyl sites for hydroxylation is 1. The van der Waals surface area contributed by atoms with Crippen molar-refractivity contribution < 1.29 is 9.53 Å². The van der Waals surface area contributed by atoms with Crippen LogP contribution in [0.3, 0.4) is 0 Å². The monoisotopic (exact) mass is 331 g/mol. The molecule has 0 aromatic heterocycles. The van der Waals surface area contributed by atoms with Crippen molar-refractivity contribution in [2.24, 2.45) is 0 Å². The minimum atomic E-state index is -0.589. The normalized spacial score (nSPS) is 13.2. The zero-order valence-corrected chi connectivity index (χ0v) is 14.2. The third-order valence-electron chi connectivity index (χ3n) is 3.61. The molecule has 0 heterocycles. The lowest BCUT2D eigenvalue weighted by Gasteiger charge is -2.19. The molecule has 2 atom stereocenters. The Kier molecular flexibility index (Phi) is 6.48. The van der Waals surface area contributed by atoms with Crippen LogP contribution in [0.25, 0.3) is 0 Å². The van der Waals surface area contributed by atoms with Crippen molar-refractivity contribution in [3.05, 3.63) is 65.2 Å². The molecule has 0 saturated heterocycles. The molecule has 122 valence electrons. The van der Waals surface area contributed by atoms with E-state index in [-0.39, 0.29) is 11.9 Å². The number of halogens is 1.